The molecule has 1 heterocycles. The molecule has 0 aromatic heterocycles. The van der Waals surface area contributed by atoms with Crippen LogP contribution in [0.1, 0.15) is 12.5 Å². The maximum atomic E-state index is 12.9. The van der Waals surface area contributed by atoms with Crippen LogP contribution in [0.3, 0.4) is 0 Å². The number of ether oxygens (including phenoxy) is 1. The fourth-order valence-electron chi connectivity index (χ4n) is 2.20. The minimum atomic E-state index is -2.59. The van der Waals surface area contributed by atoms with E-state index in [2.05, 4.69) is 4.90 Å². The van der Waals surface area contributed by atoms with Crippen LogP contribution >= 0.6 is 0 Å². The van der Waals surface area contributed by atoms with Crippen LogP contribution in [-0.2, 0) is 11.3 Å². The Kier molecular flexibility index (Phi) is 4.50. The van der Waals surface area contributed by atoms with Gasteiger partial charge in [-0.1, -0.05) is 30.3 Å². The van der Waals surface area contributed by atoms with Gasteiger partial charge in [-0.2, -0.15) is 0 Å². The van der Waals surface area contributed by atoms with Crippen molar-refractivity contribution in [2.24, 2.45) is 5.73 Å². The minimum absolute atomic E-state index is 0.437. The normalized spacial score (nSPS) is 24.4. The highest BCUT2D eigenvalue weighted by Crippen LogP contribution is 2.23. The molecule has 0 spiro atoms. The van der Waals surface area contributed by atoms with Gasteiger partial charge in [-0.05, 0) is 12.5 Å². The van der Waals surface area contributed by atoms with E-state index < -0.39 is 18.1 Å². The van der Waals surface area contributed by atoms with Gasteiger partial charge in [0.1, 0.15) is 5.54 Å². The largest absolute Gasteiger partial charge is 0.373 e. The van der Waals surface area contributed by atoms with E-state index in [1.54, 1.807) is 0 Å². The maximum Gasteiger partial charge on any atom is 0.258 e. The molecule has 2 N–H and O–H groups in total. The molecule has 1 saturated heterocycles. The highest BCUT2D eigenvalue weighted by atomic mass is 19.3. The molecule has 1 aliphatic rings. The van der Waals surface area contributed by atoms with Gasteiger partial charge in [0.05, 0.1) is 12.7 Å². The second kappa shape index (κ2) is 5.94. The van der Waals surface area contributed by atoms with Crippen molar-refractivity contribution in [3.05, 3.63) is 35.9 Å². The molecule has 2 atom stereocenters. The van der Waals surface area contributed by atoms with Crippen LogP contribution in [0.2, 0.25) is 0 Å². The molecule has 1 aromatic rings. The summed E-state index contributed by atoms with van der Waals surface area (Å²) in [4.78, 5) is 2.11. The van der Waals surface area contributed by atoms with Crippen molar-refractivity contribution in [1.82, 2.24) is 4.90 Å². The Morgan fingerprint density at radius 3 is 2.74 bits per heavy atom. The Balaban J connectivity index is 1.98. The third-order valence-corrected chi connectivity index (χ3v) is 3.56. The molecule has 19 heavy (non-hydrogen) atoms. The van der Waals surface area contributed by atoms with Crippen LogP contribution in [0, 0.1) is 0 Å². The van der Waals surface area contributed by atoms with Crippen molar-refractivity contribution in [3.63, 3.8) is 0 Å². The molecule has 0 amide bonds. The number of nitrogens with two attached hydrogens (primary N) is 1. The van der Waals surface area contributed by atoms with Crippen LogP contribution in [-0.4, -0.2) is 42.7 Å². The second-order valence-corrected chi connectivity index (χ2v) is 5.25. The van der Waals surface area contributed by atoms with E-state index >= 15 is 0 Å². The third kappa shape index (κ3) is 3.49. The number of benzene rings is 1. The zero-order valence-electron chi connectivity index (χ0n) is 11.1. The van der Waals surface area contributed by atoms with Crippen molar-refractivity contribution >= 4 is 0 Å². The number of nitrogens with zero attached hydrogens (tertiary/aromatic N) is 1. The van der Waals surface area contributed by atoms with Gasteiger partial charge in [0.2, 0.25) is 0 Å². The molecule has 1 aromatic carbocycles. The van der Waals surface area contributed by atoms with Crippen LogP contribution in [0.15, 0.2) is 30.3 Å². The van der Waals surface area contributed by atoms with Gasteiger partial charge in [-0.25, -0.2) is 8.78 Å². The minimum Gasteiger partial charge on any atom is -0.373 e. The average molecular weight is 270 g/mol. The average Bonchev–Trinajstić information content (AvgIpc) is 2.40. The van der Waals surface area contributed by atoms with E-state index in [4.69, 9.17) is 10.5 Å². The van der Waals surface area contributed by atoms with Crippen molar-refractivity contribution in [3.8, 4) is 0 Å². The van der Waals surface area contributed by atoms with Gasteiger partial charge >= 0.3 is 0 Å². The fourth-order valence-corrected chi connectivity index (χ4v) is 2.20. The highest BCUT2D eigenvalue weighted by Gasteiger charge is 2.42. The summed E-state index contributed by atoms with van der Waals surface area (Å²) in [6, 6.07) is 9.96. The molecule has 0 bridgehead atoms. The topological polar surface area (TPSA) is 38.5 Å². The van der Waals surface area contributed by atoms with Crippen molar-refractivity contribution in [2.45, 2.75) is 31.5 Å². The standard InChI is InChI=1S/C14H20F2N2O/c1-14(17,13(15)16)12-10-18(7-8-19-12)9-11-5-3-2-4-6-11/h2-6,12-13H,7-10,17H2,1H3. The van der Waals surface area contributed by atoms with Crippen LogP contribution < -0.4 is 5.73 Å². The molecule has 0 saturated carbocycles. The first-order valence-electron chi connectivity index (χ1n) is 6.45. The number of hydrogen-bond donors (Lipinski definition) is 1. The second-order valence-electron chi connectivity index (χ2n) is 5.25. The molecular weight excluding hydrogens is 250 g/mol. The lowest BCUT2D eigenvalue weighted by Crippen LogP contribution is -2.61. The Morgan fingerprint density at radius 1 is 1.42 bits per heavy atom. The Bertz CT molecular complexity index is 398. The van der Waals surface area contributed by atoms with E-state index in [-0.39, 0.29) is 0 Å². The fraction of sp³-hybridized carbons (Fsp3) is 0.571. The molecule has 3 nitrogen and oxygen atoms in total. The first-order chi connectivity index (χ1) is 9.00. The molecule has 2 unspecified atom stereocenters. The summed E-state index contributed by atoms with van der Waals surface area (Å²) >= 11 is 0. The predicted octanol–water partition coefficient (Wildman–Crippen LogP) is 1.87. The van der Waals surface area contributed by atoms with Crippen molar-refractivity contribution in [2.75, 3.05) is 19.7 Å². The highest BCUT2D eigenvalue weighted by molar-refractivity contribution is 5.14. The lowest BCUT2D eigenvalue weighted by Gasteiger charge is -2.40. The Morgan fingerprint density at radius 2 is 2.11 bits per heavy atom. The van der Waals surface area contributed by atoms with Gasteiger partial charge in [0.15, 0.2) is 0 Å². The van der Waals surface area contributed by atoms with Gasteiger partial charge in [0.25, 0.3) is 6.43 Å². The van der Waals surface area contributed by atoms with Gasteiger partial charge in [-0.15, -0.1) is 0 Å². The van der Waals surface area contributed by atoms with Crippen LogP contribution in [0.4, 0.5) is 8.78 Å². The number of alkyl halides is 2. The quantitative estimate of drug-likeness (QED) is 0.907. The molecular formula is C14H20F2N2O. The van der Waals surface area contributed by atoms with Gasteiger partial charge in [0, 0.05) is 19.6 Å². The summed E-state index contributed by atoms with van der Waals surface area (Å²) in [6.07, 6.45) is -3.22. The molecule has 0 radical (unpaired) electrons. The summed E-state index contributed by atoms with van der Waals surface area (Å²) in [6.45, 7) is 3.71. The molecule has 5 heteroatoms. The number of morpholine rings is 1. The zero-order valence-corrected chi connectivity index (χ0v) is 11.1. The maximum absolute atomic E-state index is 12.9. The number of halogens is 2. The van der Waals surface area contributed by atoms with Crippen molar-refractivity contribution in [1.29, 1.82) is 0 Å². The van der Waals surface area contributed by atoms with Crippen molar-refractivity contribution < 1.29 is 13.5 Å². The molecule has 0 aliphatic carbocycles. The first kappa shape index (κ1) is 14.4. The Hall–Kier alpha value is -1.04. The van der Waals surface area contributed by atoms with Crippen LogP contribution in [0.25, 0.3) is 0 Å². The summed E-state index contributed by atoms with van der Waals surface area (Å²) in [5, 5.41) is 0. The summed E-state index contributed by atoms with van der Waals surface area (Å²) in [5.41, 5.74) is 5.25. The summed E-state index contributed by atoms with van der Waals surface area (Å²) in [7, 11) is 0. The zero-order chi connectivity index (χ0) is 13.9. The molecule has 106 valence electrons. The number of hydrogen-bond acceptors (Lipinski definition) is 3. The van der Waals surface area contributed by atoms with Gasteiger partial charge in [-0.3, -0.25) is 4.90 Å². The summed E-state index contributed by atoms with van der Waals surface area (Å²) < 4.78 is 31.3. The molecule has 1 aliphatic heterocycles. The predicted molar refractivity (Wildman–Crippen MR) is 70.1 cm³/mol. The Labute approximate surface area is 112 Å². The smallest absolute Gasteiger partial charge is 0.258 e. The van der Waals surface area contributed by atoms with E-state index in [0.717, 1.165) is 13.1 Å². The third-order valence-electron chi connectivity index (χ3n) is 3.56. The van der Waals surface area contributed by atoms with E-state index in [1.165, 1.54) is 12.5 Å². The lowest BCUT2D eigenvalue weighted by molar-refractivity contribution is -0.103. The van der Waals surface area contributed by atoms with E-state index in [0.29, 0.717) is 13.2 Å². The lowest BCUT2D eigenvalue weighted by atomic mass is 9.95. The number of rotatable bonds is 4. The molecule has 1 fully saturated rings. The van der Waals surface area contributed by atoms with Gasteiger partial charge < -0.3 is 10.5 Å². The monoisotopic (exact) mass is 270 g/mol. The van der Waals surface area contributed by atoms with Crippen LogP contribution in [0.5, 0.6) is 0 Å². The first-order valence-corrected chi connectivity index (χ1v) is 6.45. The van der Waals surface area contributed by atoms with E-state index in [9.17, 15) is 8.78 Å². The summed E-state index contributed by atoms with van der Waals surface area (Å²) in [5.74, 6) is 0. The van der Waals surface area contributed by atoms with E-state index in [1.807, 2.05) is 30.3 Å². The molecule has 2 rings (SSSR count). The SMILES string of the molecule is CC(N)(C(F)F)C1CN(Cc2ccccc2)CCO1.